The molecule has 82 valence electrons. The van der Waals surface area contributed by atoms with Gasteiger partial charge in [-0.3, -0.25) is 0 Å². The van der Waals surface area contributed by atoms with Crippen LogP contribution in [0, 0.1) is 0 Å². The van der Waals surface area contributed by atoms with Crippen LogP contribution in [-0.4, -0.2) is 23.6 Å². The molecule has 1 N–H and O–H groups in total. The Hall–Kier alpha value is -0.580. The molecular weight excluding hydrogens is 253 g/mol. The van der Waals surface area contributed by atoms with Crippen molar-refractivity contribution in [1.82, 2.24) is 5.32 Å². The van der Waals surface area contributed by atoms with E-state index in [0.29, 0.717) is 0 Å². The highest BCUT2D eigenvalue weighted by Crippen LogP contribution is 2.06. The molecule has 0 unspecified atom stereocenters. The molecule has 0 rings (SSSR count). The number of hydrogen-bond donors (Lipinski definition) is 1. The van der Waals surface area contributed by atoms with Gasteiger partial charge < -0.3 is 10.1 Å². The summed E-state index contributed by atoms with van der Waals surface area (Å²) in [7, 11) is 0. The zero-order chi connectivity index (χ0) is 11.2. The molecule has 0 spiro atoms. The Morgan fingerprint density at radius 1 is 1.57 bits per heavy atom. The van der Waals surface area contributed by atoms with Gasteiger partial charge in [-0.1, -0.05) is 15.9 Å². The van der Waals surface area contributed by atoms with E-state index in [4.69, 9.17) is 4.74 Å². The van der Waals surface area contributed by atoms with E-state index in [-0.39, 0.29) is 17.7 Å². The number of alkyl halides is 1. The number of carbonyl (C=O) groups excluding carboxylic acids is 1. The number of amides is 1. The zero-order valence-corrected chi connectivity index (χ0v) is 10.1. The van der Waals surface area contributed by atoms with E-state index in [2.05, 4.69) is 21.2 Å². The molecule has 0 aliphatic carbocycles. The summed E-state index contributed by atoms with van der Waals surface area (Å²) < 4.78 is 17.5. The molecule has 0 aromatic rings. The highest BCUT2D eigenvalue weighted by molar-refractivity contribution is 9.09. The maximum Gasteiger partial charge on any atom is 0.407 e. The second kappa shape index (κ2) is 6.01. The van der Waals surface area contributed by atoms with Crippen molar-refractivity contribution < 1.29 is 13.9 Å². The first-order chi connectivity index (χ1) is 6.35. The normalized spacial score (nSPS) is 12.5. The summed E-state index contributed by atoms with van der Waals surface area (Å²) >= 11 is 2.94. The summed E-state index contributed by atoms with van der Waals surface area (Å²) in [6.45, 7) is 5.43. The molecule has 1 amide bonds. The van der Waals surface area contributed by atoms with Crippen molar-refractivity contribution in [3.8, 4) is 0 Å². The number of halogens is 2. The molecule has 0 aromatic heterocycles. The average molecular weight is 268 g/mol. The smallest absolute Gasteiger partial charge is 0.407 e. The molecule has 0 saturated heterocycles. The Morgan fingerprint density at radius 3 is 2.57 bits per heavy atom. The fourth-order valence-corrected chi connectivity index (χ4v) is 0.843. The molecule has 0 aliphatic heterocycles. The lowest BCUT2D eigenvalue weighted by Crippen LogP contribution is -2.32. The van der Waals surface area contributed by atoms with Crippen molar-refractivity contribution >= 4 is 22.0 Å². The third-order valence-corrected chi connectivity index (χ3v) is 1.63. The Morgan fingerprint density at radius 2 is 2.14 bits per heavy atom. The van der Waals surface area contributed by atoms with Gasteiger partial charge in [-0.25, -0.2) is 9.18 Å². The first kappa shape index (κ1) is 13.4. The average Bonchev–Trinajstić information content (AvgIpc) is 2.00. The van der Waals surface area contributed by atoms with Gasteiger partial charge in [0.1, 0.15) is 11.4 Å². The molecule has 0 aliphatic rings. The van der Waals surface area contributed by atoms with Crippen LogP contribution < -0.4 is 5.32 Å². The van der Waals surface area contributed by atoms with Gasteiger partial charge in [0.2, 0.25) is 0 Å². The van der Waals surface area contributed by atoms with Crippen LogP contribution in [0.4, 0.5) is 9.18 Å². The number of ether oxygens (including phenoxy) is 1. The van der Waals surface area contributed by atoms with Crippen LogP contribution in [0.3, 0.4) is 0 Å². The van der Waals surface area contributed by atoms with Crippen molar-refractivity contribution in [2.45, 2.75) is 26.4 Å². The molecule has 0 saturated carbocycles. The lowest BCUT2D eigenvalue weighted by atomic mass is 10.2. The number of alkyl carbamates (subject to hydrolysis) is 1. The summed E-state index contributed by atoms with van der Waals surface area (Å²) in [6, 6.07) is 0. The first-order valence-electron chi connectivity index (χ1n) is 4.22. The number of nitrogens with one attached hydrogen (secondary N) is 1. The monoisotopic (exact) mass is 267 g/mol. The molecule has 0 bridgehead atoms. The standard InChI is InChI=1S/C9H15BrFNO2/c1-9(2,3)14-8(13)12-5-4-7(11)6-10/h4H,5-6H2,1-3H3,(H,12,13). The first-order valence-corrected chi connectivity index (χ1v) is 5.34. The fourth-order valence-electron chi connectivity index (χ4n) is 0.614. The van der Waals surface area contributed by atoms with Crippen LogP contribution >= 0.6 is 15.9 Å². The van der Waals surface area contributed by atoms with Crippen molar-refractivity contribution in [1.29, 1.82) is 0 Å². The fraction of sp³-hybridized carbons (Fsp3) is 0.667. The predicted octanol–water partition coefficient (Wildman–Crippen LogP) is 2.76. The summed E-state index contributed by atoms with van der Waals surface area (Å²) in [5.41, 5.74) is -0.526. The minimum atomic E-state index is -0.545. The largest absolute Gasteiger partial charge is 0.444 e. The second-order valence-electron chi connectivity index (χ2n) is 3.67. The van der Waals surface area contributed by atoms with Crippen molar-refractivity contribution in [2.24, 2.45) is 0 Å². The molecule has 5 heteroatoms. The third-order valence-electron chi connectivity index (χ3n) is 1.10. The van der Waals surface area contributed by atoms with E-state index in [0.717, 1.165) is 0 Å². The van der Waals surface area contributed by atoms with Gasteiger partial charge in [0.15, 0.2) is 0 Å². The minimum Gasteiger partial charge on any atom is -0.444 e. The molecule has 0 radical (unpaired) electrons. The van der Waals surface area contributed by atoms with Gasteiger partial charge in [0, 0.05) is 6.54 Å². The van der Waals surface area contributed by atoms with E-state index in [1.54, 1.807) is 20.8 Å². The number of hydrogen-bond acceptors (Lipinski definition) is 2. The Balaban J connectivity index is 3.76. The molecule has 0 atom stereocenters. The Labute approximate surface area is 91.8 Å². The Kier molecular flexibility index (Phi) is 5.76. The lowest BCUT2D eigenvalue weighted by molar-refractivity contribution is 0.0534. The van der Waals surface area contributed by atoms with E-state index >= 15 is 0 Å². The molecule has 0 aromatic carbocycles. The van der Waals surface area contributed by atoms with Crippen molar-refractivity contribution in [2.75, 3.05) is 11.9 Å². The van der Waals surface area contributed by atoms with Crippen LogP contribution in [0.2, 0.25) is 0 Å². The van der Waals surface area contributed by atoms with Gasteiger partial charge in [-0.05, 0) is 26.8 Å². The summed E-state index contributed by atoms with van der Waals surface area (Å²) in [5.74, 6) is -0.318. The van der Waals surface area contributed by atoms with E-state index < -0.39 is 11.7 Å². The van der Waals surface area contributed by atoms with Crippen LogP contribution in [-0.2, 0) is 4.74 Å². The van der Waals surface area contributed by atoms with E-state index in [1.807, 2.05) is 0 Å². The SMILES string of the molecule is CC(C)(C)OC(=O)NCC=C(F)CBr. The van der Waals surface area contributed by atoms with Gasteiger partial charge in [0.05, 0.1) is 5.33 Å². The van der Waals surface area contributed by atoms with Crippen LogP contribution in [0.15, 0.2) is 11.9 Å². The number of allylic oxidation sites excluding steroid dienone is 1. The van der Waals surface area contributed by atoms with Crippen molar-refractivity contribution in [3.05, 3.63) is 11.9 Å². The lowest BCUT2D eigenvalue weighted by Gasteiger charge is -2.19. The highest BCUT2D eigenvalue weighted by Gasteiger charge is 2.15. The quantitative estimate of drug-likeness (QED) is 0.799. The zero-order valence-electron chi connectivity index (χ0n) is 8.56. The topological polar surface area (TPSA) is 38.3 Å². The molecule has 3 nitrogen and oxygen atoms in total. The summed E-state index contributed by atoms with van der Waals surface area (Å²) in [4.78, 5) is 11.0. The van der Waals surface area contributed by atoms with Crippen LogP contribution in [0.1, 0.15) is 20.8 Å². The summed E-state index contributed by atoms with van der Waals surface area (Å²) in [6.07, 6.45) is 0.731. The van der Waals surface area contributed by atoms with E-state index in [9.17, 15) is 9.18 Å². The van der Waals surface area contributed by atoms with Crippen LogP contribution in [0.5, 0.6) is 0 Å². The van der Waals surface area contributed by atoms with Gasteiger partial charge in [-0.15, -0.1) is 0 Å². The minimum absolute atomic E-state index is 0.131. The Bertz CT molecular complexity index is 223. The predicted molar refractivity (Wildman–Crippen MR) is 57.2 cm³/mol. The van der Waals surface area contributed by atoms with Crippen molar-refractivity contribution in [3.63, 3.8) is 0 Å². The molecule has 14 heavy (non-hydrogen) atoms. The van der Waals surface area contributed by atoms with Crippen LogP contribution in [0.25, 0.3) is 0 Å². The second-order valence-corrected chi connectivity index (χ2v) is 4.23. The molecular formula is C9H15BrFNO2. The van der Waals surface area contributed by atoms with Gasteiger partial charge in [0.25, 0.3) is 0 Å². The number of rotatable bonds is 3. The molecule has 0 fully saturated rings. The van der Waals surface area contributed by atoms with Gasteiger partial charge >= 0.3 is 6.09 Å². The van der Waals surface area contributed by atoms with Gasteiger partial charge in [-0.2, -0.15) is 0 Å². The molecule has 0 heterocycles. The highest BCUT2D eigenvalue weighted by atomic mass is 79.9. The third kappa shape index (κ3) is 8.04. The maximum atomic E-state index is 12.5. The number of carbonyl (C=O) groups is 1. The van der Waals surface area contributed by atoms with E-state index in [1.165, 1.54) is 6.08 Å². The maximum absolute atomic E-state index is 12.5. The summed E-state index contributed by atoms with van der Waals surface area (Å²) in [5, 5.41) is 2.56.